The summed E-state index contributed by atoms with van der Waals surface area (Å²) in [6, 6.07) is 0. The summed E-state index contributed by atoms with van der Waals surface area (Å²) in [6.07, 6.45) is 2.87. The second-order valence-electron chi connectivity index (χ2n) is 2.79. The van der Waals surface area contributed by atoms with E-state index < -0.39 is 22.3 Å². The van der Waals surface area contributed by atoms with Gasteiger partial charge in [0.1, 0.15) is 0 Å². The van der Waals surface area contributed by atoms with E-state index in [0.717, 1.165) is 19.3 Å². The molecule has 0 radical (unpaired) electrons. The van der Waals surface area contributed by atoms with Crippen LogP contribution < -0.4 is 0 Å². The third kappa shape index (κ3) is 5.76. The van der Waals surface area contributed by atoms with Crippen LogP contribution in [-0.4, -0.2) is 26.6 Å². The molecule has 0 saturated carbocycles. The standard InChI is InChI=1S/C8H16O4S/c1-3-4-5-6-12-8(9)7(2)13(10)11/h7H,3-6H2,1-2H3,(H,10,11). The van der Waals surface area contributed by atoms with Crippen molar-refractivity contribution >= 4 is 17.0 Å². The quantitative estimate of drug-likeness (QED) is 0.406. The van der Waals surface area contributed by atoms with E-state index in [0.29, 0.717) is 6.61 Å². The number of hydrogen-bond donors (Lipinski definition) is 1. The summed E-state index contributed by atoms with van der Waals surface area (Å²) in [7, 11) is 0. The number of carbonyl (C=O) groups excluding carboxylic acids is 1. The highest BCUT2D eigenvalue weighted by molar-refractivity contribution is 7.80. The molecule has 5 heteroatoms. The molecule has 0 aliphatic heterocycles. The highest BCUT2D eigenvalue weighted by Gasteiger charge is 2.19. The molecule has 0 aliphatic rings. The Balaban J connectivity index is 3.56. The second kappa shape index (κ2) is 7.03. The first-order valence-corrected chi connectivity index (χ1v) is 5.52. The lowest BCUT2D eigenvalue weighted by Crippen LogP contribution is -2.24. The molecule has 0 aromatic heterocycles. The molecule has 4 nitrogen and oxygen atoms in total. The van der Waals surface area contributed by atoms with Gasteiger partial charge in [0, 0.05) is 0 Å². The molecule has 0 aliphatic carbocycles. The molecule has 2 atom stereocenters. The first-order chi connectivity index (χ1) is 6.09. The van der Waals surface area contributed by atoms with Crippen molar-refractivity contribution in [3.63, 3.8) is 0 Å². The van der Waals surface area contributed by atoms with Gasteiger partial charge in [-0.15, -0.1) is 0 Å². The van der Waals surface area contributed by atoms with Gasteiger partial charge in [-0.2, -0.15) is 0 Å². The second-order valence-corrected chi connectivity index (χ2v) is 4.05. The molecule has 0 aromatic rings. The molecule has 0 amide bonds. The van der Waals surface area contributed by atoms with E-state index in [-0.39, 0.29) is 0 Å². The van der Waals surface area contributed by atoms with Crippen LogP contribution in [0.15, 0.2) is 0 Å². The van der Waals surface area contributed by atoms with Gasteiger partial charge in [0.2, 0.25) is 0 Å². The molecule has 78 valence electrons. The van der Waals surface area contributed by atoms with Gasteiger partial charge in [-0.3, -0.25) is 4.79 Å². The maximum atomic E-state index is 11.0. The van der Waals surface area contributed by atoms with Crippen molar-refractivity contribution < 1.29 is 18.3 Å². The summed E-state index contributed by atoms with van der Waals surface area (Å²) in [5.41, 5.74) is 0. The zero-order valence-electron chi connectivity index (χ0n) is 7.99. The SMILES string of the molecule is CCCCCOC(=O)C(C)S(=O)O. The largest absolute Gasteiger partial charge is 0.465 e. The lowest BCUT2D eigenvalue weighted by Gasteiger charge is -2.07. The molecule has 0 rings (SSSR count). The van der Waals surface area contributed by atoms with Crippen LogP contribution in [0.4, 0.5) is 0 Å². The van der Waals surface area contributed by atoms with Crippen molar-refractivity contribution in [2.24, 2.45) is 0 Å². The molecule has 0 fully saturated rings. The van der Waals surface area contributed by atoms with E-state index in [2.05, 4.69) is 0 Å². The first-order valence-electron chi connectivity index (χ1n) is 4.35. The van der Waals surface area contributed by atoms with E-state index >= 15 is 0 Å². The maximum absolute atomic E-state index is 11.0. The van der Waals surface area contributed by atoms with Gasteiger partial charge in [-0.25, -0.2) is 4.21 Å². The molecule has 0 aromatic carbocycles. The minimum atomic E-state index is -2.12. The summed E-state index contributed by atoms with van der Waals surface area (Å²) >= 11 is -2.12. The number of rotatable bonds is 6. The van der Waals surface area contributed by atoms with Gasteiger partial charge in [0.25, 0.3) is 0 Å². The maximum Gasteiger partial charge on any atom is 0.323 e. The number of ether oxygens (including phenoxy) is 1. The Morgan fingerprint density at radius 1 is 1.54 bits per heavy atom. The molecule has 0 bridgehead atoms. The normalized spacial score (nSPS) is 15.0. The van der Waals surface area contributed by atoms with Gasteiger partial charge in [-0.1, -0.05) is 19.8 Å². The van der Waals surface area contributed by atoms with Crippen LogP contribution in [0.2, 0.25) is 0 Å². The van der Waals surface area contributed by atoms with Crippen LogP contribution in [0.5, 0.6) is 0 Å². The van der Waals surface area contributed by atoms with Crippen molar-refractivity contribution in [2.75, 3.05) is 6.61 Å². The van der Waals surface area contributed by atoms with Gasteiger partial charge < -0.3 is 9.29 Å². The Morgan fingerprint density at radius 3 is 2.62 bits per heavy atom. The molecular formula is C8H16O4S. The molecule has 1 N–H and O–H groups in total. The Bertz CT molecular complexity index is 181. The smallest absolute Gasteiger partial charge is 0.323 e. The Labute approximate surface area is 80.9 Å². The van der Waals surface area contributed by atoms with Crippen molar-refractivity contribution in [3.05, 3.63) is 0 Å². The Kier molecular flexibility index (Phi) is 6.80. The molecule has 13 heavy (non-hydrogen) atoms. The van der Waals surface area contributed by atoms with Crippen LogP contribution >= 0.6 is 0 Å². The van der Waals surface area contributed by atoms with Crippen LogP contribution in [0, 0.1) is 0 Å². The van der Waals surface area contributed by atoms with E-state index in [9.17, 15) is 9.00 Å². The average molecular weight is 208 g/mol. The van der Waals surface area contributed by atoms with Crippen molar-refractivity contribution in [3.8, 4) is 0 Å². The third-order valence-corrected chi connectivity index (χ3v) is 2.42. The zero-order valence-corrected chi connectivity index (χ0v) is 8.80. The zero-order chi connectivity index (χ0) is 10.3. The minimum Gasteiger partial charge on any atom is -0.465 e. The summed E-state index contributed by atoms with van der Waals surface area (Å²) < 4.78 is 23.8. The van der Waals surface area contributed by atoms with Gasteiger partial charge in [0.05, 0.1) is 6.61 Å². The number of carbonyl (C=O) groups is 1. The summed E-state index contributed by atoms with van der Waals surface area (Å²) in [5.74, 6) is -0.600. The molecule has 2 unspecified atom stereocenters. The van der Waals surface area contributed by atoms with Gasteiger partial charge >= 0.3 is 5.97 Å². The number of hydrogen-bond acceptors (Lipinski definition) is 3. The van der Waals surface area contributed by atoms with Crippen LogP contribution in [-0.2, 0) is 20.6 Å². The van der Waals surface area contributed by atoms with E-state index in [1.165, 1.54) is 6.92 Å². The fourth-order valence-electron chi connectivity index (χ4n) is 0.724. The Hall–Kier alpha value is -0.420. The lowest BCUT2D eigenvalue weighted by molar-refractivity contribution is -0.142. The monoisotopic (exact) mass is 208 g/mol. The van der Waals surface area contributed by atoms with E-state index in [4.69, 9.17) is 9.29 Å². The van der Waals surface area contributed by atoms with Crippen LogP contribution in [0.1, 0.15) is 33.1 Å². The fraction of sp³-hybridized carbons (Fsp3) is 0.875. The van der Waals surface area contributed by atoms with Gasteiger partial charge in [0.15, 0.2) is 16.3 Å². The van der Waals surface area contributed by atoms with Gasteiger partial charge in [-0.05, 0) is 13.3 Å². The third-order valence-electron chi connectivity index (χ3n) is 1.63. The lowest BCUT2D eigenvalue weighted by atomic mass is 10.3. The first kappa shape index (κ1) is 12.6. The fourth-order valence-corrected chi connectivity index (χ4v) is 0.957. The average Bonchev–Trinajstić information content (AvgIpc) is 2.10. The Morgan fingerprint density at radius 2 is 2.15 bits per heavy atom. The van der Waals surface area contributed by atoms with Crippen LogP contribution in [0.3, 0.4) is 0 Å². The number of esters is 1. The predicted octanol–water partition coefficient (Wildman–Crippen LogP) is 1.33. The van der Waals surface area contributed by atoms with Crippen molar-refractivity contribution in [1.29, 1.82) is 0 Å². The highest BCUT2D eigenvalue weighted by atomic mass is 32.2. The summed E-state index contributed by atoms with van der Waals surface area (Å²) in [4.78, 5) is 11.0. The topological polar surface area (TPSA) is 63.6 Å². The van der Waals surface area contributed by atoms with Crippen molar-refractivity contribution in [1.82, 2.24) is 0 Å². The van der Waals surface area contributed by atoms with Crippen LogP contribution in [0.25, 0.3) is 0 Å². The highest BCUT2D eigenvalue weighted by Crippen LogP contribution is 1.99. The summed E-state index contributed by atoms with van der Waals surface area (Å²) in [5, 5.41) is -0.943. The molecular weight excluding hydrogens is 192 g/mol. The van der Waals surface area contributed by atoms with E-state index in [1.807, 2.05) is 6.92 Å². The van der Waals surface area contributed by atoms with Crippen molar-refractivity contribution in [2.45, 2.75) is 38.4 Å². The number of unbranched alkanes of at least 4 members (excludes halogenated alkanes) is 2. The molecule has 0 saturated heterocycles. The predicted molar refractivity (Wildman–Crippen MR) is 50.7 cm³/mol. The summed E-state index contributed by atoms with van der Waals surface area (Å²) in [6.45, 7) is 3.76. The molecule has 0 heterocycles. The minimum absolute atomic E-state index is 0.341. The van der Waals surface area contributed by atoms with E-state index in [1.54, 1.807) is 0 Å². The molecule has 0 spiro atoms.